The summed E-state index contributed by atoms with van der Waals surface area (Å²) in [6.07, 6.45) is 2.94. The Morgan fingerprint density at radius 2 is 1.69 bits per heavy atom. The molecule has 2 rings (SSSR count). The van der Waals surface area contributed by atoms with Crippen molar-refractivity contribution in [2.45, 2.75) is 26.2 Å². The molecule has 0 aliphatic carbocycles. The number of benzene rings is 2. The second kappa shape index (κ2) is 10.2. The van der Waals surface area contributed by atoms with Crippen LogP contribution in [0.1, 0.15) is 36.5 Å². The molecule has 0 radical (unpaired) electrons. The van der Waals surface area contributed by atoms with Crippen LogP contribution in [-0.4, -0.2) is 25.1 Å². The van der Waals surface area contributed by atoms with Gasteiger partial charge >= 0.3 is 5.97 Å². The zero-order chi connectivity index (χ0) is 18.8. The Morgan fingerprint density at radius 1 is 1.00 bits per heavy atom. The Kier molecular flexibility index (Phi) is 7.61. The summed E-state index contributed by atoms with van der Waals surface area (Å²) in [5.41, 5.74) is 0.923. The average Bonchev–Trinajstić information content (AvgIpc) is 2.66. The van der Waals surface area contributed by atoms with Crippen LogP contribution in [-0.2, 0) is 9.53 Å². The van der Waals surface area contributed by atoms with Crippen molar-refractivity contribution in [1.29, 1.82) is 0 Å². The van der Waals surface area contributed by atoms with Gasteiger partial charge in [0, 0.05) is 11.3 Å². The van der Waals surface area contributed by atoms with Crippen LogP contribution in [0.3, 0.4) is 0 Å². The summed E-state index contributed by atoms with van der Waals surface area (Å²) in [6, 6.07) is 11.9. The molecule has 0 aromatic heterocycles. The molecule has 5 nitrogen and oxygen atoms in total. The van der Waals surface area contributed by atoms with E-state index >= 15 is 0 Å². The van der Waals surface area contributed by atoms with Gasteiger partial charge in [0.15, 0.2) is 6.61 Å². The number of hydrogen-bond acceptors (Lipinski definition) is 4. The SMILES string of the molecule is CCCCCOC(=O)COc1ccc(C(=O)Nc2ccc(F)cc2)cc1. The van der Waals surface area contributed by atoms with Crippen molar-refractivity contribution in [3.8, 4) is 5.75 Å². The molecule has 6 heteroatoms. The first-order valence-electron chi connectivity index (χ1n) is 8.54. The summed E-state index contributed by atoms with van der Waals surface area (Å²) < 4.78 is 23.3. The van der Waals surface area contributed by atoms with Gasteiger partial charge in [-0.25, -0.2) is 9.18 Å². The molecule has 0 heterocycles. The van der Waals surface area contributed by atoms with Gasteiger partial charge in [-0.1, -0.05) is 19.8 Å². The molecular formula is C20H22FNO4. The topological polar surface area (TPSA) is 64.6 Å². The fourth-order valence-corrected chi connectivity index (χ4v) is 2.16. The van der Waals surface area contributed by atoms with E-state index in [0.29, 0.717) is 23.6 Å². The van der Waals surface area contributed by atoms with Crippen LogP contribution in [0.25, 0.3) is 0 Å². The lowest BCUT2D eigenvalue weighted by molar-refractivity contribution is -0.146. The van der Waals surface area contributed by atoms with Crippen LogP contribution in [0.15, 0.2) is 48.5 Å². The molecule has 2 aromatic rings. The van der Waals surface area contributed by atoms with Gasteiger partial charge in [0.05, 0.1) is 6.61 Å². The van der Waals surface area contributed by atoms with Crippen molar-refractivity contribution < 1.29 is 23.5 Å². The molecule has 0 aliphatic heterocycles. The van der Waals surface area contributed by atoms with Crippen molar-refractivity contribution in [2.24, 2.45) is 0 Å². The first kappa shape index (κ1) is 19.4. The van der Waals surface area contributed by atoms with E-state index < -0.39 is 5.97 Å². The molecule has 0 saturated carbocycles. The van der Waals surface area contributed by atoms with Gasteiger partial charge in [-0.3, -0.25) is 4.79 Å². The number of carbonyl (C=O) groups excluding carboxylic acids is 2. The third-order valence-electron chi connectivity index (χ3n) is 3.59. The molecule has 0 bridgehead atoms. The maximum atomic E-state index is 12.9. The van der Waals surface area contributed by atoms with E-state index in [1.807, 2.05) is 0 Å². The zero-order valence-corrected chi connectivity index (χ0v) is 14.7. The first-order chi connectivity index (χ1) is 12.6. The quantitative estimate of drug-likeness (QED) is 0.539. The van der Waals surface area contributed by atoms with Crippen LogP contribution in [0.4, 0.5) is 10.1 Å². The van der Waals surface area contributed by atoms with E-state index in [9.17, 15) is 14.0 Å². The van der Waals surface area contributed by atoms with E-state index in [1.165, 1.54) is 24.3 Å². The molecule has 1 N–H and O–H groups in total. The smallest absolute Gasteiger partial charge is 0.344 e. The molecule has 138 valence electrons. The lowest BCUT2D eigenvalue weighted by Crippen LogP contribution is -2.15. The second-order valence-corrected chi connectivity index (χ2v) is 5.70. The highest BCUT2D eigenvalue weighted by Gasteiger charge is 2.08. The summed E-state index contributed by atoms with van der Waals surface area (Å²) in [6.45, 7) is 2.31. The van der Waals surface area contributed by atoms with Crippen molar-refractivity contribution in [2.75, 3.05) is 18.5 Å². The fourth-order valence-electron chi connectivity index (χ4n) is 2.16. The summed E-state index contributed by atoms with van der Waals surface area (Å²) >= 11 is 0. The van der Waals surface area contributed by atoms with Crippen LogP contribution < -0.4 is 10.1 Å². The summed E-state index contributed by atoms with van der Waals surface area (Å²) in [5, 5.41) is 2.67. The normalized spacial score (nSPS) is 10.2. The molecule has 2 aromatic carbocycles. The molecule has 0 aliphatic rings. The van der Waals surface area contributed by atoms with Gasteiger partial charge in [0.25, 0.3) is 5.91 Å². The number of ether oxygens (including phenoxy) is 2. The second-order valence-electron chi connectivity index (χ2n) is 5.70. The molecular weight excluding hydrogens is 337 g/mol. The van der Waals surface area contributed by atoms with Crippen LogP contribution in [0, 0.1) is 5.82 Å². The highest BCUT2D eigenvalue weighted by Crippen LogP contribution is 2.15. The molecule has 0 atom stereocenters. The largest absolute Gasteiger partial charge is 0.482 e. The van der Waals surface area contributed by atoms with E-state index in [1.54, 1.807) is 24.3 Å². The minimum Gasteiger partial charge on any atom is -0.482 e. The van der Waals surface area contributed by atoms with Crippen LogP contribution in [0.5, 0.6) is 5.75 Å². The van der Waals surface area contributed by atoms with Crippen molar-refractivity contribution in [1.82, 2.24) is 0 Å². The van der Waals surface area contributed by atoms with Crippen LogP contribution in [0.2, 0.25) is 0 Å². The van der Waals surface area contributed by atoms with Gasteiger partial charge in [0.1, 0.15) is 11.6 Å². The number of halogens is 1. The fraction of sp³-hybridized carbons (Fsp3) is 0.300. The summed E-state index contributed by atoms with van der Waals surface area (Å²) in [5.74, 6) is -0.639. The van der Waals surface area contributed by atoms with E-state index in [0.717, 1.165) is 19.3 Å². The number of rotatable bonds is 9. The standard InChI is InChI=1S/C20H22FNO4/c1-2-3-4-13-25-19(23)14-26-18-11-5-15(6-12-18)20(24)22-17-9-7-16(21)8-10-17/h5-12H,2-4,13-14H2,1H3,(H,22,24). The lowest BCUT2D eigenvalue weighted by Gasteiger charge is -2.08. The number of anilines is 1. The summed E-state index contributed by atoms with van der Waals surface area (Å²) in [4.78, 5) is 23.7. The molecule has 0 saturated heterocycles. The zero-order valence-electron chi connectivity index (χ0n) is 14.7. The monoisotopic (exact) mass is 359 g/mol. The Balaban J connectivity index is 1.79. The average molecular weight is 359 g/mol. The number of hydrogen-bond donors (Lipinski definition) is 1. The number of unbranched alkanes of at least 4 members (excludes halogenated alkanes) is 2. The lowest BCUT2D eigenvalue weighted by atomic mass is 10.2. The number of nitrogens with one attached hydrogen (secondary N) is 1. The van der Waals surface area contributed by atoms with E-state index in [2.05, 4.69) is 12.2 Å². The number of esters is 1. The van der Waals surface area contributed by atoms with Gasteiger partial charge < -0.3 is 14.8 Å². The van der Waals surface area contributed by atoms with Crippen molar-refractivity contribution in [3.63, 3.8) is 0 Å². The third-order valence-corrected chi connectivity index (χ3v) is 3.59. The minimum absolute atomic E-state index is 0.173. The summed E-state index contributed by atoms with van der Waals surface area (Å²) in [7, 11) is 0. The third kappa shape index (κ3) is 6.55. The Labute approximate surface area is 152 Å². The molecule has 0 fully saturated rings. The van der Waals surface area contributed by atoms with Crippen molar-refractivity contribution >= 4 is 17.6 Å². The predicted molar refractivity (Wildman–Crippen MR) is 96.8 cm³/mol. The van der Waals surface area contributed by atoms with Gasteiger partial charge in [0.2, 0.25) is 0 Å². The maximum Gasteiger partial charge on any atom is 0.344 e. The Bertz CT molecular complexity index is 714. The van der Waals surface area contributed by atoms with E-state index in [-0.39, 0.29) is 18.3 Å². The maximum absolute atomic E-state index is 12.9. The number of amides is 1. The number of carbonyl (C=O) groups is 2. The van der Waals surface area contributed by atoms with Crippen LogP contribution >= 0.6 is 0 Å². The molecule has 0 unspecified atom stereocenters. The highest BCUT2D eigenvalue weighted by atomic mass is 19.1. The first-order valence-corrected chi connectivity index (χ1v) is 8.54. The predicted octanol–water partition coefficient (Wildman–Crippen LogP) is 4.19. The van der Waals surface area contributed by atoms with Gasteiger partial charge in [-0.2, -0.15) is 0 Å². The van der Waals surface area contributed by atoms with Gasteiger partial charge in [-0.15, -0.1) is 0 Å². The Morgan fingerprint density at radius 3 is 2.35 bits per heavy atom. The van der Waals surface area contributed by atoms with Crippen molar-refractivity contribution in [3.05, 3.63) is 59.9 Å². The minimum atomic E-state index is -0.417. The Hall–Kier alpha value is -2.89. The van der Waals surface area contributed by atoms with Gasteiger partial charge in [-0.05, 0) is 55.0 Å². The molecule has 26 heavy (non-hydrogen) atoms. The van der Waals surface area contributed by atoms with E-state index in [4.69, 9.17) is 9.47 Å². The highest BCUT2D eigenvalue weighted by molar-refractivity contribution is 6.04. The molecule has 1 amide bonds. The molecule has 0 spiro atoms.